The van der Waals surface area contributed by atoms with E-state index in [0.717, 1.165) is 31.5 Å². The minimum Gasteiger partial charge on any atom is -0.378 e. The highest BCUT2D eigenvalue weighted by Gasteiger charge is 2.34. The number of likely N-dealkylation sites (tertiary alicyclic amines) is 1. The summed E-state index contributed by atoms with van der Waals surface area (Å²) >= 11 is 12.1. The number of ether oxygens (including phenoxy) is 1. The van der Waals surface area contributed by atoms with E-state index in [0.29, 0.717) is 23.3 Å². The number of carbonyl (C=O) groups is 1. The van der Waals surface area contributed by atoms with Gasteiger partial charge in [-0.05, 0) is 30.5 Å². The van der Waals surface area contributed by atoms with Gasteiger partial charge in [0.25, 0.3) is 0 Å². The van der Waals surface area contributed by atoms with Gasteiger partial charge in [0.15, 0.2) is 0 Å². The average Bonchev–Trinajstić information content (AvgIpc) is 2.99. The van der Waals surface area contributed by atoms with Crippen molar-refractivity contribution in [1.82, 2.24) is 10.2 Å². The highest BCUT2D eigenvalue weighted by molar-refractivity contribution is 6.42. The second kappa shape index (κ2) is 6.53. The molecule has 2 heterocycles. The molecule has 0 aromatic heterocycles. The summed E-state index contributed by atoms with van der Waals surface area (Å²) in [6.07, 6.45) is 1.96. The summed E-state index contributed by atoms with van der Waals surface area (Å²) in [7, 11) is 0. The van der Waals surface area contributed by atoms with E-state index in [1.165, 1.54) is 0 Å². The van der Waals surface area contributed by atoms with Crippen molar-refractivity contribution >= 4 is 29.1 Å². The molecule has 2 atom stereocenters. The van der Waals surface area contributed by atoms with Gasteiger partial charge in [-0.15, -0.1) is 0 Å². The first kappa shape index (κ1) is 15.1. The van der Waals surface area contributed by atoms with Crippen molar-refractivity contribution < 1.29 is 9.53 Å². The highest BCUT2D eigenvalue weighted by Crippen LogP contribution is 2.35. The van der Waals surface area contributed by atoms with Crippen LogP contribution in [0.2, 0.25) is 10.0 Å². The topological polar surface area (TPSA) is 41.6 Å². The summed E-state index contributed by atoms with van der Waals surface area (Å²) in [5, 5.41) is 4.30. The molecule has 21 heavy (non-hydrogen) atoms. The molecular weight excluding hydrogens is 311 g/mol. The largest absolute Gasteiger partial charge is 0.378 e. The van der Waals surface area contributed by atoms with Crippen LogP contribution >= 0.6 is 23.2 Å². The second-order valence-corrected chi connectivity index (χ2v) is 6.26. The third-order valence-corrected chi connectivity index (χ3v) is 4.82. The van der Waals surface area contributed by atoms with Crippen LogP contribution in [-0.4, -0.2) is 43.2 Å². The van der Waals surface area contributed by atoms with Crippen LogP contribution in [0.1, 0.15) is 24.4 Å². The molecule has 2 saturated heterocycles. The van der Waals surface area contributed by atoms with Crippen molar-refractivity contribution in [2.24, 2.45) is 0 Å². The minimum atomic E-state index is -0.234. The second-order valence-electron chi connectivity index (χ2n) is 5.44. The highest BCUT2D eigenvalue weighted by atomic mass is 35.5. The van der Waals surface area contributed by atoms with E-state index in [2.05, 4.69) is 5.32 Å². The van der Waals surface area contributed by atoms with Gasteiger partial charge in [0.2, 0.25) is 5.91 Å². The Hall–Kier alpha value is -0.810. The number of benzene rings is 1. The van der Waals surface area contributed by atoms with Gasteiger partial charge in [-0.2, -0.15) is 0 Å². The van der Waals surface area contributed by atoms with Crippen LogP contribution in [0, 0.1) is 0 Å². The molecule has 1 amide bonds. The number of carbonyl (C=O) groups excluding carboxylic acids is 1. The lowest BCUT2D eigenvalue weighted by atomic mass is 10.0. The molecule has 0 spiro atoms. The van der Waals surface area contributed by atoms with Crippen molar-refractivity contribution in [3.8, 4) is 0 Å². The lowest BCUT2D eigenvalue weighted by molar-refractivity contribution is -0.137. The van der Waals surface area contributed by atoms with E-state index in [1.54, 1.807) is 6.07 Å². The first-order chi connectivity index (χ1) is 10.2. The molecule has 6 heteroatoms. The molecule has 0 aliphatic carbocycles. The third-order valence-electron chi connectivity index (χ3n) is 4.08. The minimum absolute atomic E-state index is 0.0796. The van der Waals surface area contributed by atoms with E-state index in [9.17, 15) is 4.79 Å². The maximum absolute atomic E-state index is 12.7. The molecule has 0 bridgehead atoms. The van der Waals surface area contributed by atoms with Crippen molar-refractivity contribution in [2.45, 2.75) is 24.9 Å². The SMILES string of the molecule is O=C(C1COCCN1)N1CCCC1c1ccc(Cl)c(Cl)c1. The summed E-state index contributed by atoms with van der Waals surface area (Å²) in [6.45, 7) is 2.62. The number of amides is 1. The fourth-order valence-corrected chi connectivity index (χ4v) is 3.33. The molecule has 114 valence electrons. The van der Waals surface area contributed by atoms with Crippen LogP contribution in [0.15, 0.2) is 18.2 Å². The molecule has 3 rings (SSSR count). The van der Waals surface area contributed by atoms with Crippen LogP contribution in [0.3, 0.4) is 0 Å². The van der Waals surface area contributed by atoms with Gasteiger partial charge in [0.1, 0.15) is 6.04 Å². The third kappa shape index (κ3) is 3.19. The predicted molar refractivity (Wildman–Crippen MR) is 82.8 cm³/mol. The standard InChI is InChI=1S/C15H18Cl2N2O2/c16-11-4-3-10(8-12(11)17)14-2-1-6-19(14)15(20)13-9-21-7-5-18-13/h3-4,8,13-14,18H,1-2,5-7,9H2. The first-order valence-corrected chi connectivity index (χ1v) is 7.99. The van der Waals surface area contributed by atoms with Gasteiger partial charge < -0.3 is 15.0 Å². The van der Waals surface area contributed by atoms with Crippen LogP contribution in [0.5, 0.6) is 0 Å². The predicted octanol–water partition coefficient (Wildman–Crippen LogP) is 2.65. The Morgan fingerprint density at radius 3 is 2.90 bits per heavy atom. The zero-order chi connectivity index (χ0) is 14.8. The average molecular weight is 329 g/mol. The molecule has 4 nitrogen and oxygen atoms in total. The Kier molecular flexibility index (Phi) is 4.69. The lowest BCUT2D eigenvalue weighted by Gasteiger charge is -2.31. The zero-order valence-corrected chi connectivity index (χ0v) is 13.2. The van der Waals surface area contributed by atoms with Crippen molar-refractivity contribution in [1.29, 1.82) is 0 Å². The number of morpholine rings is 1. The molecule has 2 fully saturated rings. The molecule has 1 aromatic carbocycles. The van der Waals surface area contributed by atoms with Gasteiger partial charge in [-0.25, -0.2) is 0 Å². The molecule has 1 N–H and O–H groups in total. The van der Waals surface area contributed by atoms with Gasteiger partial charge >= 0.3 is 0 Å². The summed E-state index contributed by atoms with van der Waals surface area (Å²) in [6, 6.07) is 5.46. The maximum Gasteiger partial charge on any atom is 0.242 e. The smallest absolute Gasteiger partial charge is 0.242 e. The van der Waals surface area contributed by atoms with Gasteiger partial charge in [-0.3, -0.25) is 4.79 Å². The molecular formula is C15H18Cl2N2O2. The van der Waals surface area contributed by atoms with E-state index >= 15 is 0 Å². The zero-order valence-electron chi connectivity index (χ0n) is 11.6. The Morgan fingerprint density at radius 1 is 1.33 bits per heavy atom. The van der Waals surface area contributed by atoms with Crippen LogP contribution in [0.25, 0.3) is 0 Å². The fourth-order valence-electron chi connectivity index (χ4n) is 3.02. The monoisotopic (exact) mass is 328 g/mol. The van der Waals surface area contributed by atoms with Crippen molar-refractivity contribution in [3.63, 3.8) is 0 Å². The lowest BCUT2D eigenvalue weighted by Crippen LogP contribution is -2.52. The maximum atomic E-state index is 12.7. The van der Waals surface area contributed by atoms with E-state index in [1.807, 2.05) is 17.0 Å². The summed E-state index contributed by atoms with van der Waals surface area (Å²) in [5.74, 6) is 0.114. The Morgan fingerprint density at radius 2 is 2.19 bits per heavy atom. The first-order valence-electron chi connectivity index (χ1n) is 7.23. The van der Waals surface area contributed by atoms with Crippen LogP contribution < -0.4 is 5.32 Å². The van der Waals surface area contributed by atoms with E-state index < -0.39 is 0 Å². The Balaban J connectivity index is 1.78. The molecule has 2 aliphatic rings. The van der Waals surface area contributed by atoms with Crippen LogP contribution in [-0.2, 0) is 9.53 Å². The number of rotatable bonds is 2. The number of nitrogens with zero attached hydrogens (tertiary/aromatic N) is 1. The Bertz CT molecular complexity index is 532. The van der Waals surface area contributed by atoms with Crippen molar-refractivity contribution in [2.75, 3.05) is 26.3 Å². The molecule has 1 aromatic rings. The normalized spacial score (nSPS) is 26.1. The summed E-state index contributed by atoms with van der Waals surface area (Å²) in [4.78, 5) is 14.6. The molecule has 0 saturated carbocycles. The van der Waals surface area contributed by atoms with Crippen molar-refractivity contribution in [3.05, 3.63) is 33.8 Å². The van der Waals surface area contributed by atoms with Gasteiger partial charge in [0, 0.05) is 13.1 Å². The number of hydrogen-bond acceptors (Lipinski definition) is 3. The molecule has 0 radical (unpaired) electrons. The number of halogens is 2. The number of nitrogens with one attached hydrogen (secondary N) is 1. The molecule has 2 unspecified atom stereocenters. The summed E-state index contributed by atoms with van der Waals surface area (Å²) in [5.41, 5.74) is 1.05. The summed E-state index contributed by atoms with van der Waals surface area (Å²) < 4.78 is 5.39. The van der Waals surface area contributed by atoms with Gasteiger partial charge in [-0.1, -0.05) is 29.3 Å². The Labute approximate surface area is 134 Å². The quantitative estimate of drug-likeness (QED) is 0.907. The van der Waals surface area contributed by atoms with Crippen LogP contribution in [0.4, 0.5) is 0 Å². The number of hydrogen-bond donors (Lipinski definition) is 1. The fraction of sp³-hybridized carbons (Fsp3) is 0.533. The van der Waals surface area contributed by atoms with E-state index in [4.69, 9.17) is 27.9 Å². The van der Waals surface area contributed by atoms with Gasteiger partial charge in [0.05, 0.1) is 29.3 Å². The molecule has 2 aliphatic heterocycles. The van der Waals surface area contributed by atoms with E-state index in [-0.39, 0.29) is 18.0 Å².